The maximum Gasteiger partial charge on any atom is 0.243 e. The summed E-state index contributed by atoms with van der Waals surface area (Å²) in [5.41, 5.74) is 0.289. The van der Waals surface area contributed by atoms with Crippen LogP contribution in [0.4, 0.5) is 8.78 Å². The largest absolute Gasteiger partial charge is 0.382 e. The number of halogens is 2. The number of amides is 1. The summed E-state index contributed by atoms with van der Waals surface area (Å²) in [6.07, 6.45) is 1.08. The number of carbonyl (C=O) groups is 1. The van der Waals surface area contributed by atoms with Gasteiger partial charge >= 0.3 is 0 Å². The quantitative estimate of drug-likeness (QED) is 0.373. The van der Waals surface area contributed by atoms with Gasteiger partial charge in [-0.05, 0) is 43.5 Å². The second-order valence-corrected chi connectivity index (χ2v) is 5.84. The fourth-order valence-electron chi connectivity index (χ4n) is 2.04. The fraction of sp³-hybridized carbons (Fsp3) is 0.556. The third-order valence-electron chi connectivity index (χ3n) is 3.53. The summed E-state index contributed by atoms with van der Waals surface area (Å²) in [5, 5.41) is 6.14. The number of rotatable bonds is 10. The Hall–Kier alpha value is -2.22. The molecule has 1 rings (SSSR count). The number of benzene rings is 1. The van der Waals surface area contributed by atoms with E-state index in [0.29, 0.717) is 38.7 Å². The molecule has 0 aromatic heterocycles. The molecule has 8 heteroatoms. The molecular formula is C18H28F2N4O2. The van der Waals surface area contributed by atoms with Crippen molar-refractivity contribution >= 4 is 11.9 Å². The van der Waals surface area contributed by atoms with E-state index in [-0.39, 0.29) is 18.0 Å². The molecule has 0 saturated carbocycles. The van der Waals surface area contributed by atoms with Crippen LogP contribution in [0.25, 0.3) is 0 Å². The summed E-state index contributed by atoms with van der Waals surface area (Å²) in [6.45, 7) is 4.20. The van der Waals surface area contributed by atoms with Gasteiger partial charge in [0.25, 0.3) is 0 Å². The molecule has 0 saturated heterocycles. The second kappa shape index (κ2) is 12.2. The average Bonchev–Trinajstić information content (AvgIpc) is 2.61. The Kier molecular flexibility index (Phi) is 10.2. The van der Waals surface area contributed by atoms with Gasteiger partial charge in [0, 0.05) is 40.4 Å². The van der Waals surface area contributed by atoms with Crippen LogP contribution in [0, 0.1) is 11.6 Å². The van der Waals surface area contributed by atoms with E-state index < -0.39 is 11.6 Å². The fourth-order valence-corrected chi connectivity index (χ4v) is 2.04. The molecule has 0 unspecified atom stereocenters. The van der Waals surface area contributed by atoms with Gasteiger partial charge in [0.2, 0.25) is 5.91 Å². The zero-order valence-corrected chi connectivity index (χ0v) is 15.6. The van der Waals surface area contributed by atoms with Gasteiger partial charge < -0.3 is 20.3 Å². The number of nitrogens with zero attached hydrogens (tertiary/aromatic N) is 2. The highest BCUT2D eigenvalue weighted by atomic mass is 19.1. The SMILES string of the molecule is CCOCCCNC(=NCC(=O)N(C)C)NCCc1cc(F)ccc1F. The first-order valence-corrected chi connectivity index (χ1v) is 8.68. The molecule has 2 N–H and O–H groups in total. The molecule has 0 aliphatic heterocycles. The van der Waals surface area contributed by atoms with E-state index in [2.05, 4.69) is 15.6 Å². The summed E-state index contributed by atoms with van der Waals surface area (Å²) in [4.78, 5) is 17.4. The molecule has 0 spiro atoms. The van der Waals surface area contributed by atoms with E-state index in [1.165, 1.54) is 11.0 Å². The van der Waals surface area contributed by atoms with Crippen molar-refractivity contribution in [3.05, 3.63) is 35.4 Å². The van der Waals surface area contributed by atoms with Crippen molar-refractivity contribution in [3.63, 3.8) is 0 Å². The topological polar surface area (TPSA) is 66.0 Å². The van der Waals surface area contributed by atoms with Crippen molar-refractivity contribution in [3.8, 4) is 0 Å². The van der Waals surface area contributed by atoms with Gasteiger partial charge in [-0.25, -0.2) is 13.8 Å². The molecule has 0 fully saturated rings. The van der Waals surface area contributed by atoms with E-state index in [4.69, 9.17) is 4.74 Å². The minimum Gasteiger partial charge on any atom is -0.382 e. The van der Waals surface area contributed by atoms with Crippen molar-refractivity contribution in [1.82, 2.24) is 15.5 Å². The van der Waals surface area contributed by atoms with Gasteiger partial charge in [0.05, 0.1) is 0 Å². The number of aliphatic imine (C=N–C) groups is 1. The van der Waals surface area contributed by atoms with Crippen molar-refractivity contribution in [1.29, 1.82) is 0 Å². The van der Waals surface area contributed by atoms with Crippen LogP contribution in [0.3, 0.4) is 0 Å². The highest BCUT2D eigenvalue weighted by molar-refractivity contribution is 5.84. The Bertz CT molecular complexity index is 595. The second-order valence-electron chi connectivity index (χ2n) is 5.84. The summed E-state index contributed by atoms with van der Waals surface area (Å²) in [6, 6.07) is 3.38. The Morgan fingerprint density at radius 2 is 1.96 bits per heavy atom. The number of ether oxygens (including phenoxy) is 1. The summed E-state index contributed by atoms with van der Waals surface area (Å²) in [7, 11) is 3.32. The van der Waals surface area contributed by atoms with Crippen LogP contribution in [-0.2, 0) is 16.0 Å². The molecule has 1 amide bonds. The Balaban J connectivity index is 2.55. The Labute approximate surface area is 153 Å². The Morgan fingerprint density at radius 1 is 1.23 bits per heavy atom. The minimum absolute atomic E-state index is 0.00210. The molecule has 0 aliphatic carbocycles. The summed E-state index contributed by atoms with van der Waals surface area (Å²) >= 11 is 0. The minimum atomic E-state index is -0.471. The first kappa shape index (κ1) is 21.8. The zero-order chi connectivity index (χ0) is 19.4. The molecule has 0 atom stereocenters. The van der Waals surface area contributed by atoms with Gasteiger partial charge in [0.1, 0.15) is 18.2 Å². The van der Waals surface area contributed by atoms with Crippen LogP contribution >= 0.6 is 0 Å². The summed E-state index contributed by atoms with van der Waals surface area (Å²) in [5.74, 6) is -0.592. The predicted molar refractivity (Wildman–Crippen MR) is 98.2 cm³/mol. The smallest absolute Gasteiger partial charge is 0.243 e. The molecule has 146 valence electrons. The number of guanidine groups is 1. The van der Waals surface area contributed by atoms with Crippen LogP contribution in [0.5, 0.6) is 0 Å². The molecule has 1 aromatic carbocycles. The van der Waals surface area contributed by atoms with Crippen LogP contribution in [0.15, 0.2) is 23.2 Å². The number of nitrogens with one attached hydrogen (secondary N) is 2. The van der Waals surface area contributed by atoms with Crippen LogP contribution in [0.2, 0.25) is 0 Å². The van der Waals surface area contributed by atoms with Gasteiger partial charge in [-0.15, -0.1) is 0 Å². The van der Waals surface area contributed by atoms with Gasteiger partial charge in [-0.2, -0.15) is 0 Å². The molecule has 0 aliphatic rings. The normalized spacial score (nSPS) is 11.3. The van der Waals surface area contributed by atoms with Crippen LogP contribution < -0.4 is 10.6 Å². The molecule has 26 heavy (non-hydrogen) atoms. The van der Waals surface area contributed by atoms with E-state index >= 15 is 0 Å². The third-order valence-corrected chi connectivity index (χ3v) is 3.53. The average molecular weight is 370 g/mol. The number of likely N-dealkylation sites (N-methyl/N-ethyl adjacent to an activating group) is 1. The van der Waals surface area contributed by atoms with E-state index in [0.717, 1.165) is 18.6 Å². The van der Waals surface area contributed by atoms with E-state index in [1.807, 2.05) is 6.92 Å². The van der Waals surface area contributed by atoms with Crippen molar-refractivity contribution in [2.75, 3.05) is 46.9 Å². The number of hydrogen-bond acceptors (Lipinski definition) is 3. The van der Waals surface area contributed by atoms with E-state index in [9.17, 15) is 13.6 Å². The summed E-state index contributed by atoms with van der Waals surface area (Å²) < 4.78 is 32.1. The number of carbonyl (C=O) groups excluding carboxylic acids is 1. The monoisotopic (exact) mass is 370 g/mol. The lowest BCUT2D eigenvalue weighted by atomic mass is 10.1. The maximum atomic E-state index is 13.7. The first-order chi connectivity index (χ1) is 12.4. The molecule has 0 bridgehead atoms. The predicted octanol–water partition coefficient (Wildman–Crippen LogP) is 1.56. The van der Waals surface area contributed by atoms with Crippen molar-refractivity contribution in [2.24, 2.45) is 4.99 Å². The lowest BCUT2D eigenvalue weighted by Gasteiger charge is -2.14. The Morgan fingerprint density at radius 3 is 2.65 bits per heavy atom. The molecule has 0 radical (unpaired) electrons. The van der Waals surface area contributed by atoms with Gasteiger partial charge in [-0.3, -0.25) is 4.79 Å². The molecular weight excluding hydrogens is 342 g/mol. The molecule has 0 heterocycles. The lowest BCUT2D eigenvalue weighted by Crippen LogP contribution is -2.40. The van der Waals surface area contributed by atoms with Crippen molar-refractivity contribution < 1.29 is 18.3 Å². The lowest BCUT2D eigenvalue weighted by molar-refractivity contribution is -0.127. The van der Waals surface area contributed by atoms with Crippen LogP contribution in [0.1, 0.15) is 18.9 Å². The highest BCUT2D eigenvalue weighted by Crippen LogP contribution is 2.09. The highest BCUT2D eigenvalue weighted by Gasteiger charge is 2.06. The standard InChI is InChI=1S/C18H28F2N4O2/c1-4-26-11-5-9-21-18(23-13-17(25)24(2)3)22-10-8-14-12-15(19)6-7-16(14)20/h6-7,12H,4-5,8-11,13H2,1-3H3,(H2,21,22,23). The molecule has 1 aromatic rings. The first-order valence-electron chi connectivity index (χ1n) is 8.68. The van der Waals surface area contributed by atoms with Crippen molar-refractivity contribution in [2.45, 2.75) is 19.8 Å². The third kappa shape index (κ3) is 8.75. The zero-order valence-electron chi connectivity index (χ0n) is 15.6. The number of hydrogen-bond donors (Lipinski definition) is 2. The van der Waals surface area contributed by atoms with Gasteiger partial charge in [0.15, 0.2) is 5.96 Å². The van der Waals surface area contributed by atoms with Gasteiger partial charge in [-0.1, -0.05) is 0 Å². The maximum absolute atomic E-state index is 13.7. The van der Waals surface area contributed by atoms with Crippen LogP contribution in [-0.4, -0.2) is 63.7 Å². The van der Waals surface area contributed by atoms with E-state index in [1.54, 1.807) is 14.1 Å². The molecule has 6 nitrogen and oxygen atoms in total.